The lowest BCUT2D eigenvalue weighted by Crippen LogP contribution is -2.10. The maximum atomic E-state index is 5.67. The van der Waals surface area contributed by atoms with Gasteiger partial charge >= 0.3 is 0 Å². The van der Waals surface area contributed by atoms with Crippen LogP contribution in [0.4, 0.5) is 11.6 Å². The van der Waals surface area contributed by atoms with Crippen LogP contribution in [0.25, 0.3) is 0 Å². The highest BCUT2D eigenvalue weighted by atomic mass is 16.5. The Morgan fingerprint density at radius 1 is 1.35 bits per heavy atom. The molecule has 0 aliphatic heterocycles. The smallest absolute Gasteiger partial charge is 0.229 e. The minimum absolute atomic E-state index is 0.465. The number of nitrogen functional groups attached to an aromatic ring is 1. The second-order valence-corrected chi connectivity index (χ2v) is 5.08. The Morgan fingerprint density at radius 2 is 2.20 bits per heavy atom. The largest absolute Gasteiger partial charge is 0.384 e. The van der Waals surface area contributed by atoms with E-state index in [2.05, 4.69) is 25.4 Å². The van der Waals surface area contributed by atoms with Crippen LogP contribution in [0.1, 0.15) is 42.7 Å². The standard InChI is InChI=1S/C13H18N6O/c1-8-16-10(14)7-12(17-8)15-6-5-11-18-13(20-19-11)9-3-2-4-9/h7,9H,2-6H2,1H3,(H3,14,15,16,17). The van der Waals surface area contributed by atoms with Crippen LogP contribution in [0.15, 0.2) is 10.6 Å². The van der Waals surface area contributed by atoms with Gasteiger partial charge in [0, 0.05) is 24.9 Å². The summed E-state index contributed by atoms with van der Waals surface area (Å²) >= 11 is 0. The molecule has 1 saturated carbocycles. The Labute approximate surface area is 117 Å². The van der Waals surface area contributed by atoms with E-state index in [0.29, 0.717) is 30.5 Å². The molecule has 1 aliphatic rings. The molecular formula is C13H18N6O. The summed E-state index contributed by atoms with van der Waals surface area (Å²) in [7, 11) is 0. The van der Waals surface area contributed by atoms with Crippen molar-refractivity contribution >= 4 is 11.6 Å². The topological polar surface area (TPSA) is 103 Å². The quantitative estimate of drug-likeness (QED) is 0.854. The summed E-state index contributed by atoms with van der Waals surface area (Å²) in [4.78, 5) is 12.7. The average Bonchev–Trinajstić information content (AvgIpc) is 2.74. The molecule has 0 bridgehead atoms. The SMILES string of the molecule is Cc1nc(N)cc(NCCc2noc(C3CCC3)n2)n1. The molecule has 1 fully saturated rings. The molecule has 0 radical (unpaired) electrons. The van der Waals surface area contributed by atoms with Crippen molar-refractivity contribution < 1.29 is 4.52 Å². The van der Waals surface area contributed by atoms with Crippen LogP contribution in [0.3, 0.4) is 0 Å². The molecular weight excluding hydrogens is 256 g/mol. The van der Waals surface area contributed by atoms with E-state index in [1.165, 1.54) is 19.3 Å². The van der Waals surface area contributed by atoms with Crippen LogP contribution in [0.2, 0.25) is 0 Å². The molecule has 0 atom stereocenters. The van der Waals surface area contributed by atoms with Gasteiger partial charge in [-0.3, -0.25) is 0 Å². The van der Waals surface area contributed by atoms with Gasteiger partial charge in [-0.2, -0.15) is 4.98 Å². The van der Waals surface area contributed by atoms with Crippen molar-refractivity contribution in [2.45, 2.75) is 38.5 Å². The minimum Gasteiger partial charge on any atom is -0.384 e. The van der Waals surface area contributed by atoms with Gasteiger partial charge < -0.3 is 15.6 Å². The molecule has 0 aromatic carbocycles. The number of nitrogens with two attached hydrogens (primary N) is 1. The first-order chi connectivity index (χ1) is 9.70. The van der Waals surface area contributed by atoms with E-state index in [0.717, 1.165) is 17.5 Å². The fourth-order valence-corrected chi connectivity index (χ4v) is 2.17. The van der Waals surface area contributed by atoms with Gasteiger partial charge in [0.25, 0.3) is 0 Å². The first-order valence-electron chi connectivity index (χ1n) is 6.88. The third-order valence-corrected chi connectivity index (χ3v) is 3.45. The first kappa shape index (κ1) is 12.8. The van der Waals surface area contributed by atoms with Crippen LogP contribution in [-0.2, 0) is 6.42 Å². The van der Waals surface area contributed by atoms with Gasteiger partial charge in [0.05, 0.1) is 0 Å². The summed E-state index contributed by atoms with van der Waals surface area (Å²) in [6.07, 6.45) is 4.29. The molecule has 2 heterocycles. The Hall–Kier alpha value is -2.18. The Kier molecular flexibility index (Phi) is 3.49. The lowest BCUT2D eigenvalue weighted by molar-refractivity contribution is 0.291. The van der Waals surface area contributed by atoms with Crippen molar-refractivity contribution in [1.29, 1.82) is 0 Å². The van der Waals surface area contributed by atoms with Gasteiger partial charge in [-0.1, -0.05) is 11.6 Å². The summed E-state index contributed by atoms with van der Waals surface area (Å²) in [5.74, 6) is 3.84. The molecule has 7 nitrogen and oxygen atoms in total. The summed E-state index contributed by atoms with van der Waals surface area (Å²) in [6.45, 7) is 2.49. The molecule has 20 heavy (non-hydrogen) atoms. The fraction of sp³-hybridized carbons (Fsp3) is 0.538. The second kappa shape index (κ2) is 5.44. The molecule has 106 valence electrons. The Morgan fingerprint density at radius 3 is 2.90 bits per heavy atom. The summed E-state index contributed by atoms with van der Waals surface area (Å²) in [5.41, 5.74) is 5.67. The highest BCUT2D eigenvalue weighted by Gasteiger charge is 2.25. The van der Waals surface area contributed by atoms with Crippen molar-refractivity contribution in [3.8, 4) is 0 Å². The normalized spacial score (nSPS) is 15.1. The number of nitrogens with zero attached hydrogens (tertiary/aromatic N) is 4. The van der Waals surface area contributed by atoms with E-state index in [9.17, 15) is 0 Å². The van der Waals surface area contributed by atoms with Crippen LogP contribution in [0.5, 0.6) is 0 Å². The molecule has 2 aromatic heterocycles. The molecule has 3 N–H and O–H groups in total. The zero-order valence-corrected chi connectivity index (χ0v) is 11.5. The van der Waals surface area contributed by atoms with Gasteiger partial charge in [0.1, 0.15) is 17.5 Å². The molecule has 3 rings (SSSR count). The van der Waals surface area contributed by atoms with Gasteiger partial charge in [-0.05, 0) is 19.8 Å². The van der Waals surface area contributed by atoms with Gasteiger partial charge in [-0.15, -0.1) is 0 Å². The van der Waals surface area contributed by atoms with E-state index in [-0.39, 0.29) is 0 Å². The number of anilines is 2. The van der Waals surface area contributed by atoms with Crippen molar-refractivity contribution in [2.75, 3.05) is 17.6 Å². The molecule has 0 unspecified atom stereocenters. The summed E-state index contributed by atoms with van der Waals surface area (Å²) in [5, 5.41) is 7.19. The summed E-state index contributed by atoms with van der Waals surface area (Å²) < 4.78 is 5.28. The maximum Gasteiger partial charge on any atom is 0.229 e. The monoisotopic (exact) mass is 274 g/mol. The van der Waals surface area contributed by atoms with Gasteiger partial charge in [0.2, 0.25) is 5.89 Å². The third kappa shape index (κ3) is 2.87. The zero-order valence-electron chi connectivity index (χ0n) is 11.5. The second-order valence-electron chi connectivity index (χ2n) is 5.08. The predicted octanol–water partition coefficient (Wildman–Crippen LogP) is 1.67. The van der Waals surface area contributed by atoms with Crippen LogP contribution >= 0.6 is 0 Å². The van der Waals surface area contributed by atoms with Crippen LogP contribution in [-0.4, -0.2) is 26.7 Å². The summed E-state index contributed by atoms with van der Waals surface area (Å²) in [6, 6.07) is 1.71. The van der Waals surface area contributed by atoms with Gasteiger partial charge in [0.15, 0.2) is 5.82 Å². The number of hydrogen-bond donors (Lipinski definition) is 2. The zero-order chi connectivity index (χ0) is 13.9. The highest BCUT2D eigenvalue weighted by Crippen LogP contribution is 2.35. The molecule has 0 spiro atoms. The predicted molar refractivity (Wildman–Crippen MR) is 74.3 cm³/mol. The average molecular weight is 274 g/mol. The van der Waals surface area contributed by atoms with Crippen molar-refractivity contribution in [2.24, 2.45) is 0 Å². The van der Waals surface area contributed by atoms with E-state index in [1.54, 1.807) is 6.07 Å². The minimum atomic E-state index is 0.465. The fourth-order valence-electron chi connectivity index (χ4n) is 2.17. The first-order valence-corrected chi connectivity index (χ1v) is 6.88. The van der Waals surface area contributed by atoms with E-state index < -0.39 is 0 Å². The van der Waals surface area contributed by atoms with E-state index in [4.69, 9.17) is 10.3 Å². The lowest BCUT2D eigenvalue weighted by Gasteiger charge is -2.20. The number of rotatable bonds is 5. The van der Waals surface area contributed by atoms with Gasteiger partial charge in [-0.25, -0.2) is 9.97 Å². The molecule has 7 heteroatoms. The maximum absolute atomic E-state index is 5.67. The van der Waals surface area contributed by atoms with Crippen molar-refractivity contribution in [3.63, 3.8) is 0 Å². The molecule has 0 amide bonds. The number of hydrogen-bond acceptors (Lipinski definition) is 7. The van der Waals surface area contributed by atoms with E-state index in [1.807, 2.05) is 6.92 Å². The number of nitrogens with one attached hydrogen (secondary N) is 1. The highest BCUT2D eigenvalue weighted by molar-refractivity contribution is 5.44. The molecule has 2 aromatic rings. The van der Waals surface area contributed by atoms with Crippen LogP contribution < -0.4 is 11.1 Å². The Bertz CT molecular complexity index is 572. The van der Waals surface area contributed by atoms with Crippen molar-refractivity contribution in [3.05, 3.63) is 23.6 Å². The Balaban J connectivity index is 1.52. The van der Waals surface area contributed by atoms with Crippen LogP contribution in [0, 0.1) is 6.92 Å². The number of aryl methyl sites for hydroxylation is 1. The van der Waals surface area contributed by atoms with E-state index >= 15 is 0 Å². The molecule has 0 saturated heterocycles. The number of aromatic nitrogens is 4. The lowest BCUT2D eigenvalue weighted by atomic mass is 9.85. The van der Waals surface area contributed by atoms with Crippen molar-refractivity contribution in [1.82, 2.24) is 20.1 Å². The molecule has 1 aliphatic carbocycles. The third-order valence-electron chi connectivity index (χ3n) is 3.45.